The smallest absolute Gasteiger partial charge is 0.256 e. The number of nitrogens with one attached hydrogen (secondary N) is 1. The van der Waals surface area contributed by atoms with Gasteiger partial charge in [0, 0.05) is 0 Å². The molecule has 88 valence electrons. The van der Waals surface area contributed by atoms with Gasteiger partial charge in [-0.3, -0.25) is 0 Å². The molecule has 1 rings (SSSR count). The molecule has 2 N–H and O–H groups in total. The number of nitrogens with zero attached hydrogens (tertiary/aromatic N) is 1. The van der Waals surface area contributed by atoms with E-state index in [1.165, 1.54) is 7.11 Å². The van der Waals surface area contributed by atoms with Crippen LogP contribution in [0.3, 0.4) is 0 Å². The van der Waals surface area contributed by atoms with E-state index in [-0.39, 0.29) is 13.2 Å². The summed E-state index contributed by atoms with van der Waals surface area (Å²) in [5.41, 5.74) is 2.04. The predicted molar refractivity (Wildman–Crippen MR) is 56.6 cm³/mol. The lowest BCUT2D eigenvalue weighted by Crippen LogP contribution is -2.35. The Morgan fingerprint density at radius 3 is 2.75 bits per heavy atom. The fourth-order valence-electron chi connectivity index (χ4n) is 1.09. The number of benzene rings is 1. The summed E-state index contributed by atoms with van der Waals surface area (Å²) in [6.45, 7) is -0.0885. The van der Waals surface area contributed by atoms with E-state index in [1.807, 2.05) is 23.8 Å². The standard InChI is InChI=1S/C10H15N2O4/c1-15-11-12(14)7-9(13)8-16-10-5-3-2-4-6-10/h2-6,9,13H,7-8H2,1H3,(H,11,14)/q+1/t9-/m1/s1. The first kappa shape index (κ1) is 12.4. The monoisotopic (exact) mass is 227 g/mol. The molecule has 0 aliphatic heterocycles. The van der Waals surface area contributed by atoms with E-state index in [0.29, 0.717) is 10.6 Å². The van der Waals surface area contributed by atoms with Crippen LogP contribution in [0, 0.1) is 4.91 Å². The highest BCUT2D eigenvalue weighted by Crippen LogP contribution is 2.08. The molecule has 1 aromatic rings. The van der Waals surface area contributed by atoms with Gasteiger partial charge in [0.2, 0.25) is 0 Å². The summed E-state index contributed by atoms with van der Waals surface area (Å²) in [5.74, 6) is 0.652. The van der Waals surface area contributed by atoms with Crippen molar-refractivity contribution < 1.29 is 19.5 Å². The van der Waals surface area contributed by atoms with E-state index in [2.05, 4.69) is 4.84 Å². The van der Waals surface area contributed by atoms with Crippen molar-refractivity contribution in [1.29, 1.82) is 0 Å². The highest BCUT2D eigenvalue weighted by Gasteiger charge is 2.17. The Bertz CT molecular complexity index is 318. The fraction of sp³-hybridized carbons (Fsp3) is 0.400. The molecule has 1 aromatic carbocycles. The molecule has 0 bridgehead atoms. The summed E-state index contributed by atoms with van der Waals surface area (Å²) >= 11 is 0. The number of aliphatic hydroxyl groups is 1. The second kappa shape index (κ2) is 6.76. The average molecular weight is 227 g/mol. The molecule has 6 nitrogen and oxygen atoms in total. The van der Waals surface area contributed by atoms with Crippen LogP contribution in [0.2, 0.25) is 0 Å². The Balaban J connectivity index is 2.25. The van der Waals surface area contributed by atoms with Gasteiger partial charge in [0.25, 0.3) is 6.54 Å². The summed E-state index contributed by atoms with van der Waals surface area (Å²) in [5, 5.41) is 9.45. The third-order valence-corrected chi connectivity index (χ3v) is 1.76. The third-order valence-electron chi connectivity index (χ3n) is 1.76. The van der Waals surface area contributed by atoms with Gasteiger partial charge in [0.1, 0.15) is 17.2 Å². The summed E-state index contributed by atoms with van der Waals surface area (Å²) in [7, 11) is 1.32. The molecular formula is C10H15N2O4+. The van der Waals surface area contributed by atoms with Crippen molar-refractivity contribution in [3.63, 3.8) is 0 Å². The first-order valence-corrected chi connectivity index (χ1v) is 4.81. The number of hydrogen-bond acceptors (Lipinski definition) is 4. The number of aliphatic hydroxyl groups excluding tert-OH is 1. The van der Waals surface area contributed by atoms with Crippen LogP contribution in [0.15, 0.2) is 30.3 Å². The normalized spacial score (nSPS) is 11.9. The van der Waals surface area contributed by atoms with Gasteiger partial charge in [-0.2, -0.15) is 0 Å². The Morgan fingerprint density at radius 2 is 2.12 bits per heavy atom. The number of nitroso groups, excluding NO2 is 1. The maximum absolute atomic E-state index is 10.9. The summed E-state index contributed by atoms with van der Waals surface area (Å²) < 4.78 is 5.26. The molecule has 0 saturated carbocycles. The van der Waals surface area contributed by atoms with Crippen molar-refractivity contribution in [2.75, 3.05) is 20.3 Å². The minimum atomic E-state index is -0.889. The van der Waals surface area contributed by atoms with Crippen LogP contribution in [-0.4, -0.2) is 36.3 Å². The Hall–Kier alpha value is -1.66. The summed E-state index contributed by atoms with van der Waals surface area (Å²) in [6.07, 6.45) is -0.889. The molecule has 0 radical (unpaired) electrons. The van der Waals surface area contributed by atoms with Crippen molar-refractivity contribution in [1.82, 2.24) is 5.59 Å². The molecule has 0 aliphatic rings. The highest BCUT2D eigenvalue weighted by molar-refractivity contribution is 5.20. The molecule has 1 atom stereocenters. The van der Waals surface area contributed by atoms with E-state index in [0.717, 1.165) is 0 Å². The Labute approximate surface area is 93.3 Å². The lowest BCUT2D eigenvalue weighted by atomic mass is 10.3. The van der Waals surface area contributed by atoms with Crippen LogP contribution in [0.1, 0.15) is 0 Å². The predicted octanol–water partition coefficient (Wildman–Crippen LogP) is 0.271. The van der Waals surface area contributed by atoms with Crippen molar-refractivity contribution in [3.8, 4) is 5.75 Å². The molecule has 0 aromatic heterocycles. The zero-order valence-electron chi connectivity index (χ0n) is 9.00. The summed E-state index contributed by atoms with van der Waals surface area (Å²) in [4.78, 5) is 15.7. The largest absolute Gasteiger partial charge is 0.491 e. The van der Waals surface area contributed by atoms with Crippen molar-refractivity contribution >= 4 is 0 Å². The zero-order chi connectivity index (χ0) is 11.8. The van der Waals surface area contributed by atoms with Gasteiger partial charge >= 0.3 is 0 Å². The van der Waals surface area contributed by atoms with Gasteiger partial charge in [0.05, 0.1) is 12.0 Å². The van der Waals surface area contributed by atoms with Gasteiger partial charge in [-0.25, -0.2) is 4.84 Å². The molecule has 0 unspecified atom stereocenters. The fourth-order valence-corrected chi connectivity index (χ4v) is 1.09. The quantitative estimate of drug-likeness (QED) is 0.517. The van der Waals surface area contributed by atoms with E-state index >= 15 is 0 Å². The highest BCUT2D eigenvalue weighted by atomic mass is 16.7. The minimum Gasteiger partial charge on any atom is -0.491 e. The first-order chi connectivity index (χ1) is 7.72. The lowest BCUT2D eigenvalue weighted by Gasteiger charge is -2.08. The first-order valence-electron chi connectivity index (χ1n) is 4.81. The van der Waals surface area contributed by atoms with E-state index in [4.69, 9.17) is 4.74 Å². The molecule has 0 spiro atoms. The Kier molecular flexibility index (Phi) is 5.24. The maximum Gasteiger partial charge on any atom is 0.256 e. The van der Waals surface area contributed by atoms with E-state index in [1.54, 1.807) is 12.1 Å². The number of hydrogen-bond donors (Lipinski definition) is 2. The molecule has 6 heteroatoms. The van der Waals surface area contributed by atoms with Crippen molar-refractivity contribution in [2.45, 2.75) is 6.10 Å². The second-order valence-corrected chi connectivity index (χ2v) is 3.13. The van der Waals surface area contributed by atoms with Crippen LogP contribution in [0.4, 0.5) is 0 Å². The topological polar surface area (TPSA) is 70.8 Å². The van der Waals surface area contributed by atoms with Gasteiger partial charge in [-0.15, -0.1) is 0 Å². The maximum atomic E-state index is 10.9. The molecule has 0 fully saturated rings. The van der Waals surface area contributed by atoms with Crippen LogP contribution in [0.25, 0.3) is 0 Å². The molecule has 0 saturated heterocycles. The lowest BCUT2D eigenvalue weighted by molar-refractivity contribution is -0.662. The van der Waals surface area contributed by atoms with Gasteiger partial charge in [0.15, 0.2) is 6.10 Å². The second-order valence-electron chi connectivity index (χ2n) is 3.13. The number of ether oxygens (including phenoxy) is 1. The van der Waals surface area contributed by atoms with Crippen LogP contribution in [0.5, 0.6) is 5.75 Å². The van der Waals surface area contributed by atoms with Gasteiger partial charge in [-0.1, -0.05) is 18.2 Å². The molecule has 0 aliphatic carbocycles. The molecule has 0 heterocycles. The molecular weight excluding hydrogens is 212 g/mol. The van der Waals surface area contributed by atoms with Gasteiger partial charge in [-0.05, 0) is 17.7 Å². The zero-order valence-corrected chi connectivity index (χ0v) is 9.00. The average Bonchev–Trinajstić information content (AvgIpc) is 2.28. The van der Waals surface area contributed by atoms with E-state index < -0.39 is 6.10 Å². The Morgan fingerprint density at radius 1 is 1.44 bits per heavy atom. The van der Waals surface area contributed by atoms with Crippen LogP contribution in [-0.2, 0) is 4.84 Å². The molecule has 0 amide bonds. The van der Waals surface area contributed by atoms with Crippen LogP contribution >= 0.6 is 0 Å². The number of para-hydroxylation sites is 1. The molecule has 16 heavy (non-hydrogen) atoms. The van der Waals surface area contributed by atoms with Crippen LogP contribution < -0.4 is 10.3 Å². The third kappa shape index (κ3) is 4.72. The summed E-state index contributed by atoms with van der Waals surface area (Å²) in [6, 6.07) is 9.07. The van der Waals surface area contributed by atoms with Gasteiger partial charge < -0.3 is 9.84 Å². The number of hydrazine groups is 1. The van der Waals surface area contributed by atoms with Crippen molar-refractivity contribution in [3.05, 3.63) is 35.2 Å². The minimum absolute atomic E-state index is 0.0497. The van der Waals surface area contributed by atoms with E-state index in [9.17, 15) is 10.0 Å². The van der Waals surface area contributed by atoms with Crippen molar-refractivity contribution in [2.24, 2.45) is 0 Å². The number of rotatable bonds is 7. The SMILES string of the molecule is CON[N+](=O)C[C@@H](O)COc1ccccc1.